The fraction of sp³-hybridized carbons (Fsp3) is 0.750. The molecule has 3 heteroatoms. The Morgan fingerprint density at radius 3 is 2.74 bits per heavy atom. The predicted octanol–water partition coefficient (Wildman–Crippen LogP) is 4.62. The first-order chi connectivity index (χ1) is 13.1. The van der Waals surface area contributed by atoms with Gasteiger partial charge in [-0.15, -0.1) is 0 Å². The van der Waals surface area contributed by atoms with E-state index in [4.69, 9.17) is 4.74 Å². The van der Waals surface area contributed by atoms with E-state index < -0.39 is 0 Å². The maximum absolute atomic E-state index is 10.5. The Kier molecular flexibility index (Phi) is 5.53. The summed E-state index contributed by atoms with van der Waals surface area (Å²) in [5, 5.41) is 10.5. The molecule has 0 aromatic heterocycles. The maximum Gasteiger partial charge on any atom is 0.119 e. The predicted molar refractivity (Wildman–Crippen MR) is 110 cm³/mol. The van der Waals surface area contributed by atoms with Crippen molar-refractivity contribution in [2.24, 2.45) is 17.3 Å². The fourth-order valence-corrected chi connectivity index (χ4v) is 6.45. The number of likely N-dealkylation sites (N-methyl/N-ethyl adjacent to an activating group) is 1. The second-order valence-corrected chi connectivity index (χ2v) is 9.29. The van der Waals surface area contributed by atoms with Gasteiger partial charge in [-0.2, -0.15) is 0 Å². The largest absolute Gasteiger partial charge is 0.492 e. The van der Waals surface area contributed by atoms with E-state index in [1.807, 2.05) is 0 Å². The van der Waals surface area contributed by atoms with Crippen molar-refractivity contribution in [1.82, 2.24) is 4.90 Å². The van der Waals surface area contributed by atoms with E-state index in [0.717, 1.165) is 44.3 Å². The summed E-state index contributed by atoms with van der Waals surface area (Å²) >= 11 is 0. The van der Waals surface area contributed by atoms with E-state index in [9.17, 15) is 5.11 Å². The number of aryl methyl sites for hydroxylation is 1. The minimum atomic E-state index is -0.0774. The van der Waals surface area contributed by atoms with Crippen LogP contribution in [0.1, 0.15) is 69.9 Å². The number of nitrogens with zero attached hydrogens (tertiary/aromatic N) is 1. The SMILES string of the molecule is CCN(CC)CCOc1ccc2c(c1)CC[C@@H]1[C@@H]2CC[C@]2(C)C(O)CC[C@@H]12. The van der Waals surface area contributed by atoms with E-state index in [1.165, 1.54) is 37.7 Å². The molecular formula is C24H37NO2. The maximum atomic E-state index is 10.5. The molecule has 0 amide bonds. The van der Waals surface area contributed by atoms with Crippen LogP contribution in [0.2, 0.25) is 0 Å². The third-order valence-electron chi connectivity index (χ3n) is 8.22. The molecule has 0 aliphatic heterocycles. The van der Waals surface area contributed by atoms with Crippen molar-refractivity contribution < 1.29 is 9.84 Å². The van der Waals surface area contributed by atoms with Gasteiger partial charge in [-0.05, 0) is 98.0 Å². The second kappa shape index (κ2) is 7.75. The van der Waals surface area contributed by atoms with E-state index in [-0.39, 0.29) is 11.5 Å². The molecule has 5 atom stereocenters. The molecular weight excluding hydrogens is 334 g/mol. The van der Waals surface area contributed by atoms with Gasteiger partial charge in [0.1, 0.15) is 12.4 Å². The smallest absolute Gasteiger partial charge is 0.119 e. The summed E-state index contributed by atoms with van der Waals surface area (Å²) in [6.07, 6.45) is 7.04. The standard InChI is InChI=1S/C24H37NO2/c1-4-25(5-2)14-15-27-18-7-9-19-17(16-18)6-8-21-20(19)12-13-24(3)22(21)10-11-23(24)26/h7,9,16,20-23,26H,4-6,8,10-15H2,1-3H3/t20-,21-,22+,23?,24+/m1/s1. The topological polar surface area (TPSA) is 32.7 Å². The average Bonchev–Trinajstić information content (AvgIpc) is 3.00. The normalized spacial score (nSPS) is 34.9. The zero-order valence-corrected chi connectivity index (χ0v) is 17.4. The molecule has 1 aromatic carbocycles. The molecule has 150 valence electrons. The molecule has 0 spiro atoms. The van der Waals surface area contributed by atoms with Crippen LogP contribution < -0.4 is 4.74 Å². The third kappa shape index (κ3) is 3.42. The first-order valence-corrected chi connectivity index (χ1v) is 11.2. The molecule has 0 saturated heterocycles. The summed E-state index contributed by atoms with van der Waals surface area (Å²) in [5.74, 6) is 3.21. The van der Waals surface area contributed by atoms with E-state index in [2.05, 4.69) is 43.9 Å². The highest BCUT2D eigenvalue weighted by Crippen LogP contribution is 2.60. The minimum Gasteiger partial charge on any atom is -0.492 e. The molecule has 0 radical (unpaired) electrons. The van der Waals surface area contributed by atoms with Crippen LogP contribution in [0.15, 0.2) is 18.2 Å². The van der Waals surface area contributed by atoms with Crippen molar-refractivity contribution >= 4 is 0 Å². The van der Waals surface area contributed by atoms with Gasteiger partial charge < -0.3 is 14.7 Å². The lowest BCUT2D eigenvalue weighted by Crippen LogP contribution is -2.43. The quantitative estimate of drug-likeness (QED) is 0.792. The molecule has 3 aliphatic carbocycles. The molecule has 1 unspecified atom stereocenters. The lowest BCUT2D eigenvalue weighted by Gasteiger charge is -2.50. The highest BCUT2D eigenvalue weighted by atomic mass is 16.5. The molecule has 1 aromatic rings. The summed E-state index contributed by atoms with van der Waals surface area (Å²) in [4.78, 5) is 2.40. The van der Waals surface area contributed by atoms with Crippen molar-refractivity contribution in [3.05, 3.63) is 29.3 Å². The number of ether oxygens (including phenoxy) is 1. The Bertz CT molecular complexity index is 656. The van der Waals surface area contributed by atoms with Crippen LogP contribution in [0.5, 0.6) is 5.75 Å². The second-order valence-electron chi connectivity index (χ2n) is 9.29. The van der Waals surface area contributed by atoms with Gasteiger partial charge in [-0.3, -0.25) is 0 Å². The zero-order valence-electron chi connectivity index (χ0n) is 17.4. The minimum absolute atomic E-state index is 0.0774. The first-order valence-electron chi connectivity index (χ1n) is 11.2. The Hall–Kier alpha value is -1.06. The van der Waals surface area contributed by atoms with Gasteiger partial charge in [-0.25, -0.2) is 0 Å². The van der Waals surface area contributed by atoms with Crippen LogP contribution >= 0.6 is 0 Å². The molecule has 2 fully saturated rings. The molecule has 2 saturated carbocycles. The van der Waals surface area contributed by atoms with E-state index >= 15 is 0 Å². The highest BCUT2D eigenvalue weighted by molar-refractivity contribution is 5.40. The van der Waals surface area contributed by atoms with Gasteiger partial charge in [0.25, 0.3) is 0 Å². The van der Waals surface area contributed by atoms with Gasteiger partial charge in [-0.1, -0.05) is 26.8 Å². The van der Waals surface area contributed by atoms with Crippen molar-refractivity contribution in [3.63, 3.8) is 0 Å². The first kappa shape index (κ1) is 19.3. The molecule has 0 bridgehead atoms. The van der Waals surface area contributed by atoms with Crippen LogP contribution in [0, 0.1) is 17.3 Å². The van der Waals surface area contributed by atoms with Gasteiger partial charge in [0.2, 0.25) is 0 Å². The van der Waals surface area contributed by atoms with Crippen LogP contribution in [-0.2, 0) is 6.42 Å². The van der Waals surface area contributed by atoms with Crippen molar-refractivity contribution in [2.45, 2.75) is 71.3 Å². The van der Waals surface area contributed by atoms with Crippen molar-refractivity contribution in [2.75, 3.05) is 26.2 Å². The number of aliphatic hydroxyl groups is 1. The summed E-state index contributed by atoms with van der Waals surface area (Å²) < 4.78 is 6.07. The van der Waals surface area contributed by atoms with Gasteiger partial charge in [0.15, 0.2) is 0 Å². The monoisotopic (exact) mass is 371 g/mol. The van der Waals surface area contributed by atoms with Crippen LogP contribution in [-0.4, -0.2) is 42.4 Å². The molecule has 3 nitrogen and oxygen atoms in total. The number of benzene rings is 1. The summed E-state index contributed by atoms with van der Waals surface area (Å²) in [7, 11) is 0. The van der Waals surface area contributed by atoms with Gasteiger partial charge >= 0.3 is 0 Å². The number of rotatable bonds is 6. The molecule has 4 rings (SSSR count). The molecule has 1 N–H and O–H groups in total. The lowest BCUT2D eigenvalue weighted by molar-refractivity contribution is -0.0226. The number of aliphatic hydroxyl groups excluding tert-OH is 1. The van der Waals surface area contributed by atoms with Crippen molar-refractivity contribution in [1.29, 1.82) is 0 Å². The van der Waals surface area contributed by atoms with Crippen LogP contribution in [0.25, 0.3) is 0 Å². The summed E-state index contributed by atoms with van der Waals surface area (Å²) in [5.41, 5.74) is 3.26. The number of fused-ring (bicyclic) bond motifs is 5. The lowest BCUT2D eigenvalue weighted by atomic mass is 9.55. The summed E-state index contributed by atoms with van der Waals surface area (Å²) in [6, 6.07) is 6.86. The van der Waals surface area contributed by atoms with Gasteiger partial charge in [0, 0.05) is 6.54 Å². The molecule has 3 aliphatic rings. The Morgan fingerprint density at radius 2 is 1.96 bits per heavy atom. The fourth-order valence-electron chi connectivity index (χ4n) is 6.45. The van der Waals surface area contributed by atoms with E-state index in [1.54, 1.807) is 5.56 Å². The van der Waals surface area contributed by atoms with Crippen molar-refractivity contribution in [3.8, 4) is 5.75 Å². The average molecular weight is 372 g/mol. The Labute approximate surface area is 165 Å². The Morgan fingerprint density at radius 1 is 1.15 bits per heavy atom. The number of hydrogen-bond donors (Lipinski definition) is 1. The number of hydrogen-bond acceptors (Lipinski definition) is 3. The Balaban J connectivity index is 1.45. The van der Waals surface area contributed by atoms with Gasteiger partial charge in [0.05, 0.1) is 6.10 Å². The molecule has 0 heterocycles. The molecule has 27 heavy (non-hydrogen) atoms. The van der Waals surface area contributed by atoms with E-state index in [0.29, 0.717) is 11.8 Å². The van der Waals surface area contributed by atoms with Crippen LogP contribution in [0.3, 0.4) is 0 Å². The zero-order chi connectivity index (χ0) is 19.0. The summed E-state index contributed by atoms with van der Waals surface area (Å²) in [6.45, 7) is 10.7. The third-order valence-corrected chi connectivity index (χ3v) is 8.22. The highest BCUT2D eigenvalue weighted by Gasteiger charge is 2.54. The van der Waals surface area contributed by atoms with Crippen LogP contribution in [0.4, 0.5) is 0 Å².